The van der Waals surface area contributed by atoms with E-state index in [-0.39, 0.29) is 6.04 Å². The molecule has 1 fully saturated rings. The smallest absolute Gasteiger partial charge is 0.115 e. The lowest BCUT2D eigenvalue weighted by Gasteiger charge is -2.16. The average Bonchev–Trinajstić information content (AvgIpc) is 3.13. The Balaban J connectivity index is 1.58. The van der Waals surface area contributed by atoms with Crippen molar-refractivity contribution in [1.29, 1.82) is 0 Å². The molecular formula is C16H21N3S. The Hall–Kier alpha value is -1.39. The van der Waals surface area contributed by atoms with Gasteiger partial charge in [0.05, 0.1) is 6.04 Å². The van der Waals surface area contributed by atoms with Crippen LogP contribution in [0.3, 0.4) is 0 Å². The number of benzene rings is 1. The minimum absolute atomic E-state index is 0.263. The van der Waals surface area contributed by atoms with E-state index < -0.39 is 0 Å². The minimum atomic E-state index is 0.263. The largest absolute Gasteiger partial charge is 0.376 e. The summed E-state index contributed by atoms with van der Waals surface area (Å²) in [6.07, 6.45) is 4.56. The Morgan fingerprint density at radius 1 is 1.25 bits per heavy atom. The van der Waals surface area contributed by atoms with E-state index in [4.69, 9.17) is 0 Å². The first-order valence-electron chi connectivity index (χ1n) is 7.28. The highest BCUT2D eigenvalue weighted by Crippen LogP contribution is 2.21. The zero-order valence-corrected chi connectivity index (χ0v) is 12.7. The SMILES string of the molecule is CC(Nc1ccc(CN2CCCC2)cc1)c1nccs1. The van der Waals surface area contributed by atoms with Crippen LogP contribution in [0.2, 0.25) is 0 Å². The third-order valence-electron chi connectivity index (χ3n) is 3.76. The van der Waals surface area contributed by atoms with Gasteiger partial charge in [-0.05, 0) is 50.6 Å². The lowest BCUT2D eigenvalue weighted by Crippen LogP contribution is -2.18. The Bertz CT molecular complexity index is 515. The van der Waals surface area contributed by atoms with Gasteiger partial charge in [-0.15, -0.1) is 11.3 Å². The summed E-state index contributed by atoms with van der Waals surface area (Å²) in [5.74, 6) is 0. The second-order valence-corrected chi connectivity index (χ2v) is 6.34. The molecule has 1 aliphatic rings. The van der Waals surface area contributed by atoms with Crippen molar-refractivity contribution in [1.82, 2.24) is 9.88 Å². The zero-order valence-electron chi connectivity index (χ0n) is 11.9. The molecule has 0 aliphatic carbocycles. The molecule has 0 saturated carbocycles. The van der Waals surface area contributed by atoms with Gasteiger partial charge < -0.3 is 5.32 Å². The zero-order chi connectivity index (χ0) is 13.8. The first-order chi connectivity index (χ1) is 9.81. The molecule has 106 valence electrons. The van der Waals surface area contributed by atoms with E-state index in [1.807, 2.05) is 11.6 Å². The van der Waals surface area contributed by atoms with Gasteiger partial charge in [0.25, 0.3) is 0 Å². The molecule has 2 aromatic rings. The van der Waals surface area contributed by atoms with E-state index in [0.717, 1.165) is 17.2 Å². The molecule has 0 spiro atoms. The predicted molar refractivity (Wildman–Crippen MR) is 85.1 cm³/mol. The second kappa shape index (κ2) is 6.37. The maximum absolute atomic E-state index is 4.35. The Morgan fingerprint density at radius 2 is 2.00 bits per heavy atom. The highest BCUT2D eigenvalue weighted by atomic mass is 32.1. The molecule has 0 bridgehead atoms. The fourth-order valence-electron chi connectivity index (χ4n) is 2.67. The van der Waals surface area contributed by atoms with E-state index in [0.29, 0.717) is 0 Å². The standard InChI is InChI=1S/C16H21N3S/c1-13(16-17-8-11-20-16)18-15-6-4-14(5-7-15)12-19-9-2-3-10-19/h4-8,11,13,18H,2-3,9-10,12H2,1H3. The van der Waals surface area contributed by atoms with Crippen LogP contribution in [0.25, 0.3) is 0 Å². The number of hydrogen-bond acceptors (Lipinski definition) is 4. The van der Waals surface area contributed by atoms with Gasteiger partial charge in [-0.1, -0.05) is 12.1 Å². The van der Waals surface area contributed by atoms with Gasteiger partial charge in [0, 0.05) is 23.8 Å². The Kier molecular flexibility index (Phi) is 4.33. The van der Waals surface area contributed by atoms with Gasteiger partial charge in [0.1, 0.15) is 5.01 Å². The molecular weight excluding hydrogens is 266 g/mol. The topological polar surface area (TPSA) is 28.2 Å². The summed E-state index contributed by atoms with van der Waals surface area (Å²) in [5.41, 5.74) is 2.57. The summed E-state index contributed by atoms with van der Waals surface area (Å²) in [6, 6.07) is 9.08. The lowest BCUT2D eigenvalue weighted by molar-refractivity contribution is 0.331. The summed E-state index contributed by atoms with van der Waals surface area (Å²) in [6.45, 7) is 5.74. The maximum atomic E-state index is 4.35. The molecule has 1 aromatic carbocycles. The molecule has 3 nitrogen and oxygen atoms in total. The van der Waals surface area contributed by atoms with Crippen molar-refractivity contribution in [3.63, 3.8) is 0 Å². The van der Waals surface area contributed by atoms with Crippen molar-refractivity contribution in [2.75, 3.05) is 18.4 Å². The molecule has 0 amide bonds. The van der Waals surface area contributed by atoms with Crippen molar-refractivity contribution >= 4 is 17.0 Å². The van der Waals surface area contributed by atoms with E-state index in [2.05, 4.69) is 46.4 Å². The van der Waals surface area contributed by atoms with Gasteiger partial charge in [-0.25, -0.2) is 4.98 Å². The summed E-state index contributed by atoms with van der Waals surface area (Å²) >= 11 is 1.69. The Morgan fingerprint density at radius 3 is 2.65 bits per heavy atom. The van der Waals surface area contributed by atoms with Crippen LogP contribution < -0.4 is 5.32 Å². The molecule has 1 N–H and O–H groups in total. The van der Waals surface area contributed by atoms with Crippen LogP contribution in [0.1, 0.15) is 36.4 Å². The van der Waals surface area contributed by atoms with Crippen molar-refractivity contribution in [3.8, 4) is 0 Å². The normalized spacial score (nSPS) is 17.2. The average molecular weight is 287 g/mol. The first kappa shape index (κ1) is 13.6. The number of thiazole rings is 1. The molecule has 4 heteroatoms. The fraction of sp³-hybridized carbons (Fsp3) is 0.438. The quantitative estimate of drug-likeness (QED) is 0.903. The summed E-state index contributed by atoms with van der Waals surface area (Å²) in [5, 5.41) is 6.65. The summed E-state index contributed by atoms with van der Waals surface area (Å²) in [7, 11) is 0. The summed E-state index contributed by atoms with van der Waals surface area (Å²) in [4.78, 5) is 6.88. The number of likely N-dealkylation sites (tertiary alicyclic amines) is 1. The second-order valence-electron chi connectivity index (χ2n) is 5.42. The third-order valence-corrected chi connectivity index (χ3v) is 4.72. The van der Waals surface area contributed by atoms with Crippen LogP contribution in [-0.2, 0) is 6.54 Å². The van der Waals surface area contributed by atoms with Crippen LogP contribution in [-0.4, -0.2) is 23.0 Å². The van der Waals surface area contributed by atoms with Crippen molar-refractivity contribution in [3.05, 3.63) is 46.4 Å². The molecule has 1 aliphatic heterocycles. The van der Waals surface area contributed by atoms with E-state index in [1.165, 1.54) is 31.5 Å². The van der Waals surface area contributed by atoms with Gasteiger partial charge in [-0.2, -0.15) is 0 Å². The van der Waals surface area contributed by atoms with Crippen molar-refractivity contribution in [2.24, 2.45) is 0 Å². The fourth-order valence-corrected chi connectivity index (χ4v) is 3.31. The van der Waals surface area contributed by atoms with Gasteiger partial charge in [0.2, 0.25) is 0 Å². The minimum Gasteiger partial charge on any atom is -0.376 e. The number of anilines is 1. The number of nitrogens with one attached hydrogen (secondary N) is 1. The van der Waals surface area contributed by atoms with Gasteiger partial charge in [0.15, 0.2) is 0 Å². The van der Waals surface area contributed by atoms with E-state index in [1.54, 1.807) is 11.3 Å². The van der Waals surface area contributed by atoms with Crippen LogP contribution in [0.5, 0.6) is 0 Å². The van der Waals surface area contributed by atoms with Crippen molar-refractivity contribution in [2.45, 2.75) is 32.4 Å². The molecule has 2 heterocycles. The highest BCUT2D eigenvalue weighted by Gasteiger charge is 2.12. The Labute approximate surface area is 124 Å². The first-order valence-corrected chi connectivity index (χ1v) is 8.16. The lowest BCUT2D eigenvalue weighted by atomic mass is 10.2. The van der Waals surface area contributed by atoms with E-state index >= 15 is 0 Å². The molecule has 0 radical (unpaired) electrons. The number of aromatic nitrogens is 1. The van der Waals surface area contributed by atoms with Crippen LogP contribution in [0.15, 0.2) is 35.8 Å². The molecule has 3 rings (SSSR count). The molecule has 1 aromatic heterocycles. The van der Waals surface area contributed by atoms with Gasteiger partial charge in [-0.3, -0.25) is 4.90 Å². The van der Waals surface area contributed by atoms with Crippen LogP contribution in [0, 0.1) is 0 Å². The summed E-state index contributed by atoms with van der Waals surface area (Å²) < 4.78 is 0. The molecule has 1 saturated heterocycles. The van der Waals surface area contributed by atoms with Crippen LogP contribution in [0.4, 0.5) is 5.69 Å². The monoisotopic (exact) mass is 287 g/mol. The van der Waals surface area contributed by atoms with E-state index in [9.17, 15) is 0 Å². The third kappa shape index (κ3) is 3.38. The van der Waals surface area contributed by atoms with Crippen LogP contribution >= 0.6 is 11.3 Å². The highest BCUT2D eigenvalue weighted by molar-refractivity contribution is 7.09. The van der Waals surface area contributed by atoms with Crippen molar-refractivity contribution < 1.29 is 0 Å². The molecule has 1 atom stereocenters. The number of hydrogen-bond donors (Lipinski definition) is 1. The number of nitrogens with zero attached hydrogens (tertiary/aromatic N) is 2. The maximum Gasteiger partial charge on any atom is 0.115 e. The molecule has 1 unspecified atom stereocenters. The molecule has 20 heavy (non-hydrogen) atoms. The number of rotatable bonds is 5. The van der Waals surface area contributed by atoms with Gasteiger partial charge >= 0.3 is 0 Å². The predicted octanol–water partition coefficient (Wildman–Crippen LogP) is 3.91.